The van der Waals surface area contributed by atoms with Gasteiger partial charge in [-0.15, -0.1) is 0 Å². The number of rotatable bonds is 12. The summed E-state index contributed by atoms with van der Waals surface area (Å²) in [6, 6.07) is 25.9. The maximum Gasteiger partial charge on any atom is 0.407 e. The van der Waals surface area contributed by atoms with Crippen molar-refractivity contribution in [2.24, 2.45) is 0 Å². The molecule has 2 N–H and O–H groups in total. The number of methoxy groups -OCH3 is 1. The van der Waals surface area contributed by atoms with Crippen LogP contribution in [-0.4, -0.2) is 53.3 Å². The summed E-state index contributed by atoms with van der Waals surface area (Å²) in [5.74, 6) is 0.0765. The highest BCUT2D eigenvalue weighted by Gasteiger charge is 2.38. The monoisotopic (exact) mass is 580 g/mol. The first-order valence-corrected chi connectivity index (χ1v) is 15.2. The molecule has 4 rings (SSSR count). The molecule has 9 nitrogen and oxygen atoms in total. The number of benzene rings is 3. The lowest BCUT2D eigenvalue weighted by Crippen LogP contribution is -2.45. The van der Waals surface area contributed by atoms with Crippen LogP contribution < -0.4 is 15.4 Å². The van der Waals surface area contributed by atoms with Crippen LogP contribution in [0.2, 0.25) is 0 Å². The van der Waals surface area contributed by atoms with E-state index < -0.39 is 16.2 Å². The Labute approximate surface area is 241 Å². The van der Waals surface area contributed by atoms with Crippen LogP contribution in [0.1, 0.15) is 47.2 Å². The van der Waals surface area contributed by atoms with Crippen LogP contribution in [-0.2, 0) is 30.2 Å². The van der Waals surface area contributed by atoms with Gasteiger partial charge < -0.3 is 20.1 Å². The largest absolute Gasteiger partial charge is 0.496 e. The zero-order valence-electron chi connectivity index (χ0n) is 23.1. The van der Waals surface area contributed by atoms with Gasteiger partial charge in [0.1, 0.15) is 17.6 Å². The Morgan fingerprint density at radius 2 is 1.51 bits per heavy atom. The van der Waals surface area contributed by atoms with E-state index in [4.69, 9.17) is 13.7 Å². The van der Waals surface area contributed by atoms with E-state index in [1.165, 1.54) is 7.11 Å². The molecule has 0 spiro atoms. The van der Waals surface area contributed by atoms with Gasteiger partial charge in [0.25, 0.3) is 16.0 Å². The number of para-hydroxylation sites is 1. The molecule has 0 radical (unpaired) electrons. The highest BCUT2D eigenvalue weighted by Crippen LogP contribution is 2.40. The Hall–Kier alpha value is -3.89. The van der Waals surface area contributed by atoms with E-state index in [-0.39, 0.29) is 36.3 Å². The van der Waals surface area contributed by atoms with Gasteiger partial charge in [0.2, 0.25) is 0 Å². The summed E-state index contributed by atoms with van der Waals surface area (Å²) in [5.41, 5.74) is 1.92. The molecule has 2 amide bonds. The first-order chi connectivity index (χ1) is 19.8. The van der Waals surface area contributed by atoms with Gasteiger partial charge in [-0.2, -0.15) is 8.42 Å². The standard InChI is InChI=1S/C31H36N2O7S/c1-38-28-15-9-8-14-27(28)29(34)33-23-31(25-12-6-3-7-13-25)18-16-26(17-19-31)40-30(35)32-20-21-39-41(36,37)22-24-10-4-2-5-11-24/h2-15,26H,16-23H2,1H3,(H,32,35)(H,33,34). The molecule has 1 aliphatic carbocycles. The number of ether oxygens (including phenoxy) is 2. The number of amides is 2. The van der Waals surface area contributed by atoms with Crippen molar-refractivity contribution in [3.05, 3.63) is 102 Å². The van der Waals surface area contributed by atoms with Crippen LogP contribution in [0.5, 0.6) is 5.75 Å². The highest BCUT2D eigenvalue weighted by atomic mass is 32.2. The lowest BCUT2D eigenvalue weighted by molar-refractivity contribution is 0.0559. The number of alkyl carbamates (subject to hydrolysis) is 1. The molecule has 1 saturated carbocycles. The molecule has 3 aromatic rings. The van der Waals surface area contributed by atoms with Crippen molar-refractivity contribution in [3.8, 4) is 5.75 Å². The first kappa shape index (κ1) is 30.1. The summed E-state index contributed by atoms with van der Waals surface area (Å²) in [4.78, 5) is 25.4. The van der Waals surface area contributed by atoms with Crippen LogP contribution in [0.3, 0.4) is 0 Å². The predicted octanol–water partition coefficient (Wildman–Crippen LogP) is 4.58. The molecule has 1 aliphatic rings. The molecule has 0 aromatic heterocycles. The van der Waals surface area contributed by atoms with Gasteiger partial charge >= 0.3 is 6.09 Å². The topological polar surface area (TPSA) is 120 Å². The molecular weight excluding hydrogens is 544 g/mol. The van der Waals surface area contributed by atoms with E-state index in [9.17, 15) is 18.0 Å². The van der Waals surface area contributed by atoms with Crippen LogP contribution in [0.25, 0.3) is 0 Å². The Bertz CT molecular complexity index is 1390. The maximum absolute atomic E-state index is 13.0. The van der Waals surface area contributed by atoms with Crippen LogP contribution in [0, 0.1) is 0 Å². The van der Waals surface area contributed by atoms with E-state index in [0.29, 0.717) is 49.1 Å². The minimum Gasteiger partial charge on any atom is -0.496 e. The minimum atomic E-state index is -3.76. The van der Waals surface area contributed by atoms with E-state index in [1.807, 2.05) is 30.3 Å². The van der Waals surface area contributed by atoms with Crippen molar-refractivity contribution in [3.63, 3.8) is 0 Å². The van der Waals surface area contributed by atoms with Crippen molar-refractivity contribution in [1.29, 1.82) is 0 Å². The fourth-order valence-electron chi connectivity index (χ4n) is 5.13. The summed E-state index contributed by atoms with van der Waals surface area (Å²) in [5, 5.41) is 5.67. The minimum absolute atomic E-state index is 0.00249. The molecule has 41 heavy (non-hydrogen) atoms. The molecule has 0 aliphatic heterocycles. The average molecular weight is 581 g/mol. The second kappa shape index (κ2) is 14.1. The van der Waals surface area contributed by atoms with E-state index in [1.54, 1.807) is 42.5 Å². The van der Waals surface area contributed by atoms with Crippen molar-refractivity contribution in [2.45, 2.75) is 43.0 Å². The molecule has 218 valence electrons. The summed E-state index contributed by atoms with van der Waals surface area (Å²) < 4.78 is 40.3. The fraction of sp³-hybridized carbons (Fsp3) is 0.355. The molecule has 0 bridgehead atoms. The molecule has 0 atom stereocenters. The average Bonchev–Trinajstić information content (AvgIpc) is 2.99. The van der Waals surface area contributed by atoms with Crippen molar-refractivity contribution in [2.75, 3.05) is 26.8 Å². The van der Waals surface area contributed by atoms with E-state index >= 15 is 0 Å². The molecule has 1 fully saturated rings. The van der Waals surface area contributed by atoms with Gasteiger partial charge in [0.05, 0.1) is 19.3 Å². The van der Waals surface area contributed by atoms with Gasteiger partial charge in [-0.25, -0.2) is 4.79 Å². The number of hydrogen-bond acceptors (Lipinski definition) is 7. The quantitative estimate of drug-likeness (QED) is 0.238. The SMILES string of the molecule is COc1ccccc1C(=O)NCC1(c2ccccc2)CCC(OC(=O)NCCOS(=O)(=O)Cc2ccccc2)CC1. The summed E-state index contributed by atoms with van der Waals surface area (Å²) in [7, 11) is -2.22. The number of carbonyl (C=O) groups excluding carboxylic acids is 2. The van der Waals surface area contributed by atoms with Crippen LogP contribution >= 0.6 is 0 Å². The summed E-state index contributed by atoms with van der Waals surface area (Å²) in [6.07, 6.45) is 1.75. The van der Waals surface area contributed by atoms with Crippen LogP contribution in [0.15, 0.2) is 84.9 Å². The fourth-order valence-corrected chi connectivity index (χ4v) is 6.15. The normalized spacial score (nSPS) is 18.7. The number of hydrogen-bond donors (Lipinski definition) is 2. The molecule has 10 heteroatoms. The number of carbonyl (C=O) groups is 2. The Morgan fingerprint density at radius 3 is 2.20 bits per heavy atom. The zero-order chi connectivity index (χ0) is 29.1. The van der Waals surface area contributed by atoms with Gasteiger partial charge in [0, 0.05) is 18.5 Å². The molecule has 0 heterocycles. The van der Waals surface area contributed by atoms with E-state index in [0.717, 1.165) is 5.56 Å². The lowest BCUT2D eigenvalue weighted by Gasteiger charge is -2.40. The Morgan fingerprint density at radius 1 is 0.878 bits per heavy atom. The highest BCUT2D eigenvalue weighted by molar-refractivity contribution is 7.85. The maximum atomic E-state index is 13.0. The zero-order valence-corrected chi connectivity index (χ0v) is 23.9. The third-order valence-corrected chi connectivity index (χ3v) is 8.52. The van der Waals surface area contributed by atoms with Crippen LogP contribution in [0.4, 0.5) is 4.79 Å². The predicted molar refractivity (Wildman–Crippen MR) is 155 cm³/mol. The van der Waals surface area contributed by atoms with Gasteiger partial charge in [0.15, 0.2) is 0 Å². The van der Waals surface area contributed by atoms with Crippen molar-refractivity contribution in [1.82, 2.24) is 10.6 Å². The molecular formula is C31H36N2O7S. The Balaban J connectivity index is 1.26. The Kier molecular flexibility index (Phi) is 10.4. The molecule has 3 aromatic carbocycles. The van der Waals surface area contributed by atoms with Gasteiger partial charge in [-0.3, -0.25) is 8.98 Å². The lowest BCUT2D eigenvalue weighted by atomic mass is 9.68. The van der Waals surface area contributed by atoms with Gasteiger partial charge in [-0.05, 0) is 48.9 Å². The first-order valence-electron chi connectivity index (χ1n) is 13.6. The van der Waals surface area contributed by atoms with Gasteiger partial charge in [-0.1, -0.05) is 72.8 Å². The van der Waals surface area contributed by atoms with E-state index in [2.05, 4.69) is 22.8 Å². The molecule has 0 unspecified atom stereocenters. The summed E-state index contributed by atoms with van der Waals surface area (Å²) in [6.45, 7) is 0.252. The number of nitrogens with one attached hydrogen (secondary N) is 2. The third kappa shape index (κ3) is 8.55. The smallest absolute Gasteiger partial charge is 0.407 e. The second-order valence-electron chi connectivity index (χ2n) is 10.1. The second-order valence-corrected chi connectivity index (χ2v) is 11.7. The third-order valence-electron chi connectivity index (χ3n) is 7.31. The van der Waals surface area contributed by atoms with Crippen molar-refractivity contribution < 1.29 is 31.7 Å². The summed E-state index contributed by atoms with van der Waals surface area (Å²) >= 11 is 0. The van der Waals surface area contributed by atoms with Crippen molar-refractivity contribution >= 4 is 22.1 Å². The molecule has 0 saturated heterocycles.